The molecule has 20 heavy (non-hydrogen) atoms. The number of tetrazole rings is 1. The summed E-state index contributed by atoms with van der Waals surface area (Å²) in [6.07, 6.45) is 3.57. The minimum absolute atomic E-state index is 0.265. The van der Waals surface area contributed by atoms with Gasteiger partial charge in [-0.25, -0.2) is 4.68 Å². The largest absolute Gasteiger partial charge is 0.481 e. The fraction of sp³-hybridized carbons (Fsp3) is 0.846. The zero-order chi connectivity index (χ0) is 15.0. The van der Waals surface area contributed by atoms with Crippen molar-refractivity contribution in [3.63, 3.8) is 0 Å². The Morgan fingerprint density at radius 2 is 2.15 bits per heavy atom. The van der Waals surface area contributed by atoms with Gasteiger partial charge in [0.1, 0.15) is 0 Å². The van der Waals surface area contributed by atoms with Crippen molar-refractivity contribution in [2.75, 3.05) is 0 Å². The quantitative estimate of drug-likeness (QED) is 0.675. The first-order valence-corrected chi connectivity index (χ1v) is 7.25. The fourth-order valence-corrected chi connectivity index (χ4v) is 1.96. The molecule has 1 heterocycles. The van der Waals surface area contributed by atoms with Crippen LogP contribution in [0.2, 0.25) is 0 Å². The van der Waals surface area contributed by atoms with Crippen molar-refractivity contribution in [2.24, 2.45) is 5.92 Å². The molecule has 114 valence electrons. The van der Waals surface area contributed by atoms with Crippen molar-refractivity contribution < 1.29 is 9.90 Å². The average molecular weight is 283 g/mol. The molecule has 1 aromatic heterocycles. The summed E-state index contributed by atoms with van der Waals surface area (Å²) in [5.74, 6) is -0.138. The maximum absolute atomic E-state index is 10.7. The molecule has 0 saturated heterocycles. The minimum atomic E-state index is -0.718. The first-order valence-electron chi connectivity index (χ1n) is 7.25. The maximum Gasteiger partial charge on any atom is 0.306 e. The molecule has 1 aromatic rings. The molecule has 0 amide bonds. The van der Waals surface area contributed by atoms with Crippen LogP contribution in [0.5, 0.6) is 0 Å². The van der Waals surface area contributed by atoms with Gasteiger partial charge < -0.3 is 10.4 Å². The molecule has 0 aliphatic rings. The van der Waals surface area contributed by atoms with Gasteiger partial charge in [0.15, 0.2) is 5.82 Å². The van der Waals surface area contributed by atoms with E-state index in [4.69, 9.17) is 5.11 Å². The summed E-state index contributed by atoms with van der Waals surface area (Å²) in [5.41, 5.74) is 0. The van der Waals surface area contributed by atoms with Gasteiger partial charge in [-0.2, -0.15) is 0 Å². The van der Waals surface area contributed by atoms with Crippen molar-refractivity contribution >= 4 is 5.97 Å². The van der Waals surface area contributed by atoms with Gasteiger partial charge in [-0.15, -0.1) is 5.10 Å². The van der Waals surface area contributed by atoms with Crippen LogP contribution >= 0.6 is 0 Å². The van der Waals surface area contributed by atoms with Gasteiger partial charge in [-0.3, -0.25) is 4.79 Å². The lowest BCUT2D eigenvalue weighted by molar-refractivity contribution is -0.141. The molecule has 2 unspecified atom stereocenters. The predicted octanol–water partition coefficient (Wildman–Crippen LogP) is 1.45. The Hall–Kier alpha value is -1.50. The zero-order valence-electron chi connectivity index (χ0n) is 12.5. The van der Waals surface area contributed by atoms with Crippen LogP contribution in [-0.4, -0.2) is 37.3 Å². The molecule has 0 aliphatic heterocycles. The molecule has 2 N–H and O–H groups in total. The van der Waals surface area contributed by atoms with E-state index in [-0.39, 0.29) is 5.92 Å². The number of rotatable bonds is 10. The molecular weight excluding hydrogens is 258 g/mol. The van der Waals surface area contributed by atoms with Crippen molar-refractivity contribution in [3.05, 3.63) is 5.82 Å². The number of carboxylic acids is 1. The van der Waals surface area contributed by atoms with E-state index in [0.29, 0.717) is 12.6 Å². The van der Waals surface area contributed by atoms with Gasteiger partial charge in [0, 0.05) is 12.6 Å². The van der Waals surface area contributed by atoms with Crippen molar-refractivity contribution in [1.29, 1.82) is 0 Å². The number of hydrogen-bond donors (Lipinski definition) is 2. The third-order valence-corrected chi connectivity index (χ3v) is 3.35. The third-order valence-electron chi connectivity index (χ3n) is 3.35. The first kappa shape index (κ1) is 16.6. The summed E-state index contributed by atoms with van der Waals surface area (Å²) in [6, 6.07) is 0.322. The number of nitrogens with one attached hydrogen (secondary N) is 1. The van der Waals surface area contributed by atoms with Crippen LogP contribution in [-0.2, 0) is 17.9 Å². The monoisotopic (exact) mass is 283 g/mol. The lowest BCUT2D eigenvalue weighted by Gasteiger charge is -2.14. The smallest absolute Gasteiger partial charge is 0.306 e. The summed E-state index contributed by atoms with van der Waals surface area (Å²) >= 11 is 0. The standard InChI is InChI=1S/C13H25N5O2/c1-4-8-18-12(15-16-17-18)9-14-11(3)7-5-6-10(2)13(19)20/h10-11,14H,4-9H2,1-3H3,(H,19,20). The van der Waals surface area contributed by atoms with Crippen molar-refractivity contribution in [3.8, 4) is 0 Å². The Kier molecular flexibility index (Phi) is 7.14. The number of aromatic nitrogens is 4. The number of hydrogen-bond acceptors (Lipinski definition) is 5. The maximum atomic E-state index is 10.7. The van der Waals surface area contributed by atoms with Gasteiger partial charge in [0.2, 0.25) is 0 Å². The SMILES string of the molecule is CCCn1nnnc1CNC(C)CCCC(C)C(=O)O. The fourth-order valence-electron chi connectivity index (χ4n) is 1.96. The van der Waals surface area contributed by atoms with Crippen LogP contribution in [0.25, 0.3) is 0 Å². The number of carboxylic acid groups (broad SMARTS) is 1. The summed E-state index contributed by atoms with van der Waals surface area (Å²) in [6.45, 7) is 7.40. The summed E-state index contributed by atoms with van der Waals surface area (Å²) in [7, 11) is 0. The Morgan fingerprint density at radius 3 is 2.80 bits per heavy atom. The highest BCUT2D eigenvalue weighted by molar-refractivity contribution is 5.69. The van der Waals surface area contributed by atoms with E-state index in [1.165, 1.54) is 0 Å². The topological polar surface area (TPSA) is 92.9 Å². The second-order valence-corrected chi connectivity index (χ2v) is 5.27. The molecule has 1 rings (SSSR count). The highest BCUT2D eigenvalue weighted by Crippen LogP contribution is 2.09. The minimum Gasteiger partial charge on any atom is -0.481 e. The Balaban J connectivity index is 2.24. The van der Waals surface area contributed by atoms with E-state index >= 15 is 0 Å². The van der Waals surface area contributed by atoms with Crippen LogP contribution in [0, 0.1) is 5.92 Å². The number of nitrogens with zero attached hydrogens (tertiary/aromatic N) is 4. The second-order valence-electron chi connectivity index (χ2n) is 5.27. The first-order chi connectivity index (χ1) is 9.54. The second kappa shape index (κ2) is 8.63. The van der Waals surface area contributed by atoms with Crippen molar-refractivity contribution in [2.45, 2.75) is 65.6 Å². The van der Waals surface area contributed by atoms with Crippen LogP contribution in [0.4, 0.5) is 0 Å². The van der Waals surface area contributed by atoms with E-state index in [9.17, 15) is 4.79 Å². The summed E-state index contributed by atoms with van der Waals surface area (Å²) in [4.78, 5) is 10.7. The van der Waals surface area contributed by atoms with Crippen molar-refractivity contribution in [1.82, 2.24) is 25.5 Å². The third kappa shape index (κ3) is 5.64. The lowest BCUT2D eigenvalue weighted by Crippen LogP contribution is -2.27. The van der Waals surface area contributed by atoms with Crippen LogP contribution in [0.15, 0.2) is 0 Å². The Labute approximate surface area is 119 Å². The van der Waals surface area contributed by atoms with E-state index in [0.717, 1.165) is 38.1 Å². The Morgan fingerprint density at radius 1 is 1.40 bits per heavy atom. The molecule has 0 radical (unpaired) electrons. The van der Waals surface area contributed by atoms with Gasteiger partial charge in [-0.1, -0.05) is 20.3 Å². The molecule has 0 aliphatic carbocycles. The Bertz CT molecular complexity index is 407. The van der Waals surface area contributed by atoms with Gasteiger partial charge >= 0.3 is 5.97 Å². The van der Waals surface area contributed by atoms with E-state index < -0.39 is 5.97 Å². The molecular formula is C13H25N5O2. The molecule has 7 nitrogen and oxygen atoms in total. The van der Waals surface area contributed by atoms with Crippen LogP contribution in [0.1, 0.15) is 52.3 Å². The number of carbonyl (C=O) groups is 1. The highest BCUT2D eigenvalue weighted by atomic mass is 16.4. The lowest BCUT2D eigenvalue weighted by atomic mass is 10.0. The number of aryl methyl sites for hydroxylation is 1. The summed E-state index contributed by atoms with van der Waals surface area (Å²) in [5, 5.41) is 23.8. The van der Waals surface area contributed by atoms with Crippen LogP contribution in [0.3, 0.4) is 0 Å². The van der Waals surface area contributed by atoms with E-state index in [2.05, 4.69) is 34.7 Å². The van der Waals surface area contributed by atoms with Gasteiger partial charge in [0.25, 0.3) is 0 Å². The van der Waals surface area contributed by atoms with E-state index in [1.807, 2.05) is 4.68 Å². The normalized spacial score (nSPS) is 14.2. The highest BCUT2D eigenvalue weighted by Gasteiger charge is 2.12. The molecule has 7 heteroatoms. The molecule has 0 spiro atoms. The average Bonchev–Trinajstić information content (AvgIpc) is 2.84. The molecule has 0 bridgehead atoms. The summed E-state index contributed by atoms with van der Waals surface area (Å²) < 4.78 is 1.81. The number of aliphatic carboxylic acids is 1. The molecule has 0 saturated carbocycles. The molecule has 2 atom stereocenters. The predicted molar refractivity (Wildman–Crippen MR) is 75.1 cm³/mol. The zero-order valence-corrected chi connectivity index (χ0v) is 12.5. The molecule has 0 fully saturated rings. The van der Waals surface area contributed by atoms with Crippen LogP contribution < -0.4 is 5.32 Å². The van der Waals surface area contributed by atoms with Gasteiger partial charge in [-0.05, 0) is 36.6 Å². The van der Waals surface area contributed by atoms with Gasteiger partial charge in [0.05, 0.1) is 12.5 Å². The molecule has 0 aromatic carbocycles. The van der Waals surface area contributed by atoms with E-state index in [1.54, 1.807) is 6.92 Å².